The third-order valence-electron chi connectivity index (χ3n) is 4.09. The SMILES string of the molecule is [C-]#[N+]/N=C1/c2ccccc2-c2ncc(-c3ccc(C(F)(F)F)cc3)nc21. The highest BCUT2D eigenvalue weighted by molar-refractivity contribution is 6.23. The van der Waals surface area contributed by atoms with E-state index in [-0.39, 0.29) is 0 Å². The molecule has 2 aromatic carbocycles. The Hall–Kier alpha value is -3.53. The number of hydrogen-bond acceptors (Lipinski definition) is 3. The summed E-state index contributed by atoms with van der Waals surface area (Å²) in [4.78, 5) is 12.0. The van der Waals surface area contributed by atoms with Crippen LogP contribution in [0, 0.1) is 6.57 Å². The lowest BCUT2D eigenvalue weighted by molar-refractivity contribution is -0.137. The van der Waals surface area contributed by atoms with Gasteiger partial charge in [-0.3, -0.25) is 4.98 Å². The van der Waals surface area contributed by atoms with Crippen LogP contribution in [0.4, 0.5) is 13.2 Å². The highest BCUT2D eigenvalue weighted by Gasteiger charge is 2.31. The summed E-state index contributed by atoms with van der Waals surface area (Å²) in [7, 11) is 0. The van der Waals surface area contributed by atoms with Gasteiger partial charge in [-0.05, 0) is 12.1 Å². The molecular weight excluding hydrogens is 341 g/mol. The lowest BCUT2D eigenvalue weighted by Crippen LogP contribution is -2.04. The van der Waals surface area contributed by atoms with Gasteiger partial charge in [0.25, 0.3) is 0 Å². The summed E-state index contributed by atoms with van der Waals surface area (Å²) < 4.78 is 38.2. The molecule has 1 aliphatic carbocycles. The average molecular weight is 350 g/mol. The van der Waals surface area contributed by atoms with Crippen molar-refractivity contribution in [1.82, 2.24) is 9.97 Å². The minimum Gasteiger partial charge on any atom is -0.252 e. The number of benzene rings is 2. The topological polar surface area (TPSA) is 42.5 Å². The zero-order chi connectivity index (χ0) is 18.3. The Morgan fingerprint density at radius 3 is 2.27 bits per heavy atom. The van der Waals surface area contributed by atoms with Crippen LogP contribution in [0.1, 0.15) is 16.8 Å². The highest BCUT2D eigenvalue weighted by atomic mass is 19.4. The Bertz CT molecular complexity index is 1080. The molecule has 0 aliphatic heterocycles. The molecule has 0 saturated heterocycles. The third kappa shape index (κ3) is 2.52. The summed E-state index contributed by atoms with van der Waals surface area (Å²) in [5.74, 6) is 0. The van der Waals surface area contributed by atoms with Crippen LogP contribution in [0.3, 0.4) is 0 Å². The molecule has 0 atom stereocenters. The van der Waals surface area contributed by atoms with E-state index in [4.69, 9.17) is 6.57 Å². The van der Waals surface area contributed by atoms with Crippen molar-refractivity contribution in [2.24, 2.45) is 5.10 Å². The molecule has 4 nitrogen and oxygen atoms in total. The second-order valence-corrected chi connectivity index (χ2v) is 5.62. The molecule has 0 saturated carbocycles. The van der Waals surface area contributed by atoms with E-state index >= 15 is 0 Å². The molecule has 0 bridgehead atoms. The number of rotatable bonds is 1. The van der Waals surface area contributed by atoms with E-state index in [2.05, 4.69) is 20.0 Å². The first-order valence-corrected chi connectivity index (χ1v) is 7.58. The zero-order valence-corrected chi connectivity index (χ0v) is 13.1. The summed E-state index contributed by atoms with van der Waals surface area (Å²) in [6.07, 6.45) is -2.88. The zero-order valence-electron chi connectivity index (χ0n) is 13.1. The molecule has 1 heterocycles. The monoisotopic (exact) mass is 350 g/mol. The molecule has 0 fully saturated rings. The summed E-state index contributed by atoms with van der Waals surface area (Å²) >= 11 is 0. The maximum absolute atomic E-state index is 12.7. The van der Waals surface area contributed by atoms with E-state index in [1.807, 2.05) is 24.3 Å². The molecular formula is C19H9F3N4. The second-order valence-electron chi connectivity index (χ2n) is 5.62. The summed E-state index contributed by atoms with van der Waals surface area (Å²) in [5, 5.41) is 3.84. The average Bonchev–Trinajstić information content (AvgIpc) is 2.95. The fourth-order valence-corrected chi connectivity index (χ4v) is 2.90. The Balaban J connectivity index is 1.82. The number of nitrogens with zero attached hydrogens (tertiary/aromatic N) is 4. The Morgan fingerprint density at radius 1 is 0.923 bits per heavy atom. The normalized spacial score (nSPS) is 14.0. The minimum atomic E-state index is -4.39. The van der Waals surface area contributed by atoms with Crippen molar-refractivity contribution in [1.29, 1.82) is 0 Å². The van der Waals surface area contributed by atoms with Gasteiger partial charge in [0.05, 0.1) is 28.2 Å². The maximum atomic E-state index is 12.7. The van der Waals surface area contributed by atoms with E-state index in [1.54, 1.807) is 0 Å². The Kier molecular flexibility index (Phi) is 3.55. The quantitative estimate of drug-likeness (QED) is 0.365. The summed E-state index contributed by atoms with van der Waals surface area (Å²) in [6.45, 7) is 7.03. The van der Waals surface area contributed by atoms with Crippen molar-refractivity contribution in [2.75, 3.05) is 0 Å². The number of halogens is 3. The van der Waals surface area contributed by atoms with E-state index in [9.17, 15) is 13.2 Å². The van der Waals surface area contributed by atoms with Gasteiger partial charge in [-0.25, -0.2) is 4.98 Å². The van der Waals surface area contributed by atoms with Gasteiger partial charge in [0, 0.05) is 16.7 Å². The minimum absolute atomic E-state index is 0.419. The molecule has 3 aromatic rings. The van der Waals surface area contributed by atoms with Gasteiger partial charge >= 0.3 is 6.18 Å². The standard InChI is InChI=1S/C19H9F3N4/c1-23-26-17-14-5-3-2-4-13(14)16-18(17)25-15(10-24-16)11-6-8-12(9-7-11)19(20,21)22/h2-10H/b26-17-. The van der Waals surface area contributed by atoms with Crippen LogP contribution in [-0.2, 0) is 6.18 Å². The summed E-state index contributed by atoms with van der Waals surface area (Å²) in [6, 6.07) is 12.1. The fourth-order valence-electron chi connectivity index (χ4n) is 2.90. The highest BCUT2D eigenvalue weighted by Crippen LogP contribution is 2.36. The van der Waals surface area contributed by atoms with Crippen molar-refractivity contribution < 1.29 is 13.2 Å². The predicted molar refractivity (Wildman–Crippen MR) is 90.1 cm³/mol. The molecule has 26 heavy (non-hydrogen) atoms. The first-order chi connectivity index (χ1) is 12.5. The maximum Gasteiger partial charge on any atom is 0.416 e. The van der Waals surface area contributed by atoms with Crippen molar-refractivity contribution >= 4 is 5.71 Å². The van der Waals surface area contributed by atoms with Crippen LogP contribution in [0.2, 0.25) is 0 Å². The van der Waals surface area contributed by atoms with E-state index in [0.717, 1.165) is 23.3 Å². The van der Waals surface area contributed by atoms with Crippen molar-refractivity contribution in [3.8, 4) is 22.5 Å². The number of alkyl halides is 3. The van der Waals surface area contributed by atoms with Crippen LogP contribution in [0.25, 0.3) is 27.5 Å². The number of hydrogen-bond donors (Lipinski definition) is 0. The van der Waals surface area contributed by atoms with Crippen LogP contribution >= 0.6 is 0 Å². The van der Waals surface area contributed by atoms with E-state index in [1.165, 1.54) is 18.3 Å². The van der Waals surface area contributed by atoms with Crippen LogP contribution in [0.5, 0.6) is 0 Å². The first kappa shape index (κ1) is 16.0. The third-order valence-corrected chi connectivity index (χ3v) is 4.09. The van der Waals surface area contributed by atoms with Gasteiger partial charge in [0.1, 0.15) is 5.69 Å². The molecule has 0 radical (unpaired) electrons. The van der Waals surface area contributed by atoms with Crippen LogP contribution in [-0.4, -0.2) is 15.7 Å². The fraction of sp³-hybridized carbons (Fsp3) is 0.0526. The van der Waals surface area contributed by atoms with Crippen molar-refractivity contribution in [3.05, 3.63) is 83.1 Å². The van der Waals surface area contributed by atoms with Gasteiger partial charge in [-0.2, -0.15) is 19.7 Å². The molecule has 7 heteroatoms. The Morgan fingerprint density at radius 2 is 1.62 bits per heavy atom. The van der Waals surface area contributed by atoms with E-state index in [0.29, 0.717) is 28.4 Å². The van der Waals surface area contributed by atoms with Crippen LogP contribution < -0.4 is 0 Å². The van der Waals surface area contributed by atoms with Gasteiger partial charge in [-0.15, -0.1) is 4.95 Å². The molecule has 0 amide bonds. The van der Waals surface area contributed by atoms with E-state index < -0.39 is 11.7 Å². The molecule has 1 aromatic heterocycles. The second kappa shape index (κ2) is 5.77. The number of aromatic nitrogens is 2. The summed E-state index contributed by atoms with van der Waals surface area (Å²) in [5.41, 5.74) is 3.29. The molecule has 4 rings (SSSR count). The van der Waals surface area contributed by atoms with Crippen LogP contribution in [0.15, 0.2) is 59.8 Å². The van der Waals surface area contributed by atoms with Gasteiger partial charge in [0.2, 0.25) is 0 Å². The van der Waals surface area contributed by atoms with Gasteiger partial charge in [-0.1, -0.05) is 36.4 Å². The smallest absolute Gasteiger partial charge is 0.252 e. The molecule has 0 N–H and O–H groups in total. The van der Waals surface area contributed by atoms with Gasteiger partial charge in [0.15, 0.2) is 5.71 Å². The van der Waals surface area contributed by atoms with Crippen molar-refractivity contribution in [2.45, 2.75) is 6.18 Å². The molecule has 126 valence electrons. The lowest BCUT2D eigenvalue weighted by Gasteiger charge is -2.08. The number of fused-ring (bicyclic) bond motifs is 3. The lowest BCUT2D eigenvalue weighted by atomic mass is 10.1. The van der Waals surface area contributed by atoms with Gasteiger partial charge < -0.3 is 0 Å². The molecule has 0 unspecified atom stereocenters. The molecule has 1 aliphatic rings. The van der Waals surface area contributed by atoms with Crippen molar-refractivity contribution in [3.63, 3.8) is 0 Å². The predicted octanol–water partition coefficient (Wildman–Crippen LogP) is 4.81. The molecule has 0 spiro atoms. The first-order valence-electron chi connectivity index (χ1n) is 7.58. The Labute approximate surface area is 146 Å². The largest absolute Gasteiger partial charge is 0.416 e.